The number of benzene rings is 3. The number of halogens is 3. The number of methoxy groups -OCH3 is 1. The van der Waals surface area contributed by atoms with Crippen molar-refractivity contribution in [1.82, 2.24) is 5.43 Å². The molecule has 2 amide bonds. The molecule has 0 unspecified atom stereocenters. The number of amides is 2. The summed E-state index contributed by atoms with van der Waals surface area (Å²) in [5, 5.41) is 5.97. The Kier molecular flexibility index (Phi) is 8.78. The molecule has 0 aliphatic rings. The summed E-state index contributed by atoms with van der Waals surface area (Å²) in [7, 11) is 1.51. The number of aryl methyl sites for hydroxylation is 1. The van der Waals surface area contributed by atoms with Crippen molar-refractivity contribution in [1.29, 1.82) is 0 Å². The van der Waals surface area contributed by atoms with Crippen molar-refractivity contribution < 1.29 is 23.5 Å². The Morgan fingerprint density at radius 1 is 1.09 bits per heavy atom. The number of anilines is 1. The van der Waals surface area contributed by atoms with E-state index in [0.717, 1.165) is 11.1 Å². The minimum absolute atomic E-state index is 0.123. The molecule has 2 N–H and O–H groups in total. The van der Waals surface area contributed by atoms with Crippen molar-refractivity contribution in [2.75, 3.05) is 12.4 Å². The third-order valence-corrected chi connectivity index (χ3v) is 5.56. The average Bonchev–Trinajstić information content (AvgIpc) is 2.79. The molecule has 10 heteroatoms. The zero-order valence-electron chi connectivity index (χ0n) is 18.2. The number of hydrazone groups is 1. The summed E-state index contributed by atoms with van der Waals surface area (Å²) >= 11 is 6.58. The summed E-state index contributed by atoms with van der Waals surface area (Å²) in [6, 6.07) is 15.4. The maximum Gasteiger partial charge on any atom is 0.329 e. The average molecular weight is 593 g/mol. The SMILES string of the molecule is COc1cc(/C=N/NC(=O)C(=O)Nc2ccc(Br)cc2F)cc(Br)c1OCc1cccc(C)c1. The molecule has 3 aromatic rings. The largest absolute Gasteiger partial charge is 0.493 e. The molecule has 7 nitrogen and oxygen atoms in total. The molecule has 0 bridgehead atoms. The highest BCUT2D eigenvalue weighted by molar-refractivity contribution is 9.10. The van der Waals surface area contributed by atoms with Crippen molar-refractivity contribution in [3.63, 3.8) is 0 Å². The number of ether oxygens (including phenoxy) is 2. The lowest BCUT2D eigenvalue weighted by Gasteiger charge is -2.14. The second-order valence-corrected chi connectivity index (χ2v) is 8.86. The van der Waals surface area contributed by atoms with Crippen LogP contribution < -0.4 is 20.2 Å². The van der Waals surface area contributed by atoms with Gasteiger partial charge in [-0.25, -0.2) is 9.82 Å². The summed E-state index contributed by atoms with van der Waals surface area (Å²) in [6.07, 6.45) is 1.34. The smallest absolute Gasteiger partial charge is 0.329 e. The molecule has 3 rings (SSSR count). The van der Waals surface area contributed by atoms with Gasteiger partial charge in [-0.1, -0.05) is 45.8 Å². The van der Waals surface area contributed by atoms with Crippen molar-refractivity contribution >= 4 is 55.6 Å². The zero-order valence-corrected chi connectivity index (χ0v) is 21.4. The van der Waals surface area contributed by atoms with Gasteiger partial charge in [-0.05, 0) is 64.3 Å². The van der Waals surface area contributed by atoms with E-state index < -0.39 is 17.6 Å². The Morgan fingerprint density at radius 3 is 2.59 bits per heavy atom. The Morgan fingerprint density at radius 2 is 1.88 bits per heavy atom. The van der Waals surface area contributed by atoms with Crippen LogP contribution in [0, 0.1) is 12.7 Å². The molecule has 0 fully saturated rings. The quantitative estimate of drug-likeness (QED) is 0.220. The highest BCUT2D eigenvalue weighted by Crippen LogP contribution is 2.36. The number of hydrogen-bond donors (Lipinski definition) is 2. The summed E-state index contributed by atoms with van der Waals surface area (Å²) < 4.78 is 26.3. The standard InChI is InChI=1S/C24H20Br2FN3O4/c1-14-4-3-5-15(8-14)13-34-22-18(26)9-16(10-21(22)33-2)12-28-30-24(32)23(31)29-20-7-6-17(25)11-19(20)27/h3-12H,13H2,1-2H3,(H,29,31)(H,30,32)/b28-12+. The topological polar surface area (TPSA) is 89.0 Å². The van der Waals surface area contributed by atoms with Crippen LogP contribution >= 0.6 is 31.9 Å². The fourth-order valence-corrected chi connectivity index (χ4v) is 3.81. The first-order valence-electron chi connectivity index (χ1n) is 9.92. The summed E-state index contributed by atoms with van der Waals surface area (Å²) in [5.74, 6) is -1.82. The highest BCUT2D eigenvalue weighted by atomic mass is 79.9. The van der Waals surface area contributed by atoms with Gasteiger partial charge in [-0.2, -0.15) is 5.10 Å². The molecular formula is C24H20Br2FN3O4. The van der Waals surface area contributed by atoms with Crippen LogP contribution in [0.25, 0.3) is 0 Å². The minimum atomic E-state index is -1.06. The predicted molar refractivity (Wildman–Crippen MR) is 135 cm³/mol. The molecular weight excluding hydrogens is 573 g/mol. The van der Waals surface area contributed by atoms with E-state index in [0.29, 0.717) is 32.6 Å². The molecule has 0 saturated heterocycles. The first kappa shape index (κ1) is 25.4. The molecule has 0 atom stereocenters. The van der Waals surface area contributed by atoms with Gasteiger partial charge in [0.05, 0.1) is 23.5 Å². The molecule has 0 aliphatic heterocycles. The lowest BCUT2D eigenvalue weighted by molar-refractivity contribution is -0.136. The van der Waals surface area contributed by atoms with E-state index >= 15 is 0 Å². The number of rotatable bonds is 7. The maximum absolute atomic E-state index is 13.8. The molecule has 176 valence electrons. The van der Waals surface area contributed by atoms with Gasteiger partial charge in [0.1, 0.15) is 12.4 Å². The van der Waals surface area contributed by atoms with Crippen LogP contribution in [0.5, 0.6) is 11.5 Å². The van der Waals surface area contributed by atoms with E-state index in [1.54, 1.807) is 12.1 Å². The van der Waals surface area contributed by atoms with Crippen LogP contribution in [0.1, 0.15) is 16.7 Å². The molecule has 0 aliphatic carbocycles. The molecule has 0 aromatic heterocycles. The summed E-state index contributed by atoms with van der Waals surface area (Å²) in [6.45, 7) is 2.36. The number of nitrogens with zero attached hydrogens (tertiary/aromatic N) is 1. The lowest BCUT2D eigenvalue weighted by Crippen LogP contribution is -2.32. The Balaban J connectivity index is 1.63. The highest BCUT2D eigenvalue weighted by Gasteiger charge is 2.16. The van der Waals surface area contributed by atoms with Crippen LogP contribution in [0.4, 0.5) is 10.1 Å². The van der Waals surface area contributed by atoms with E-state index in [-0.39, 0.29) is 5.69 Å². The van der Waals surface area contributed by atoms with Crippen molar-refractivity contribution in [2.45, 2.75) is 13.5 Å². The van der Waals surface area contributed by atoms with Gasteiger partial charge < -0.3 is 14.8 Å². The second-order valence-electron chi connectivity index (χ2n) is 7.09. The first-order valence-corrected chi connectivity index (χ1v) is 11.5. The maximum atomic E-state index is 13.8. The third kappa shape index (κ3) is 6.88. The van der Waals surface area contributed by atoms with Gasteiger partial charge in [0, 0.05) is 4.47 Å². The Labute approximate surface area is 212 Å². The number of hydrogen-bond acceptors (Lipinski definition) is 5. The second kappa shape index (κ2) is 11.8. The van der Waals surface area contributed by atoms with E-state index in [2.05, 4.69) is 47.7 Å². The van der Waals surface area contributed by atoms with Crippen LogP contribution in [-0.2, 0) is 16.2 Å². The van der Waals surface area contributed by atoms with Gasteiger partial charge in [0.15, 0.2) is 11.5 Å². The summed E-state index contributed by atoms with van der Waals surface area (Å²) in [5.41, 5.74) is 4.71. The van der Waals surface area contributed by atoms with Crippen LogP contribution in [-0.4, -0.2) is 25.1 Å². The number of carbonyl (C=O) groups excluding carboxylic acids is 2. The lowest BCUT2D eigenvalue weighted by atomic mass is 10.1. The fourth-order valence-electron chi connectivity index (χ4n) is 2.90. The third-order valence-electron chi connectivity index (χ3n) is 4.48. The van der Waals surface area contributed by atoms with E-state index in [1.165, 1.54) is 31.5 Å². The minimum Gasteiger partial charge on any atom is -0.493 e. The molecule has 0 heterocycles. The molecule has 0 radical (unpaired) electrons. The molecule has 3 aromatic carbocycles. The monoisotopic (exact) mass is 591 g/mol. The Hall–Kier alpha value is -3.24. The van der Waals surface area contributed by atoms with Gasteiger partial charge in [-0.15, -0.1) is 0 Å². The molecule has 34 heavy (non-hydrogen) atoms. The van der Waals surface area contributed by atoms with Gasteiger partial charge in [-0.3, -0.25) is 9.59 Å². The normalized spacial score (nSPS) is 10.7. The van der Waals surface area contributed by atoms with Gasteiger partial charge in [0.2, 0.25) is 0 Å². The van der Waals surface area contributed by atoms with E-state index in [1.807, 2.05) is 31.2 Å². The fraction of sp³-hybridized carbons (Fsp3) is 0.125. The van der Waals surface area contributed by atoms with Crippen LogP contribution in [0.15, 0.2) is 68.6 Å². The van der Waals surface area contributed by atoms with E-state index in [4.69, 9.17) is 9.47 Å². The molecule has 0 saturated carbocycles. The van der Waals surface area contributed by atoms with Crippen molar-refractivity contribution in [2.24, 2.45) is 5.10 Å². The Bertz CT molecular complexity index is 1250. The van der Waals surface area contributed by atoms with Crippen LogP contribution in [0.2, 0.25) is 0 Å². The molecule has 0 spiro atoms. The zero-order chi connectivity index (χ0) is 24.7. The first-order chi connectivity index (χ1) is 16.3. The number of nitrogens with one attached hydrogen (secondary N) is 2. The van der Waals surface area contributed by atoms with E-state index in [9.17, 15) is 14.0 Å². The van der Waals surface area contributed by atoms with Gasteiger partial charge in [0.25, 0.3) is 0 Å². The van der Waals surface area contributed by atoms with Gasteiger partial charge >= 0.3 is 11.8 Å². The van der Waals surface area contributed by atoms with Crippen LogP contribution in [0.3, 0.4) is 0 Å². The predicted octanol–water partition coefficient (Wildman–Crippen LogP) is 5.34. The number of carbonyl (C=O) groups is 2. The van der Waals surface area contributed by atoms with Crippen molar-refractivity contribution in [3.05, 3.63) is 86.1 Å². The summed E-state index contributed by atoms with van der Waals surface area (Å²) in [4.78, 5) is 24.0. The van der Waals surface area contributed by atoms with Crippen molar-refractivity contribution in [3.8, 4) is 11.5 Å².